The number of hydrogen-bond donors (Lipinski definition) is 3. The molecule has 128 valence electrons. The van der Waals surface area contributed by atoms with Crippen molar-refractivity contribution in [3.63, 3.8) is 0 Å². The molecule has 3 aromatic rings. The second-order valence-corrected chi connectivity index (χ2v) is 5.47. The Hall–Kier alpha value is -3.94. The van der Waals surface area contributed by atoms with E-state index >= 15 is 0 Å². The number of anilines is 1. The van der Waals surface area contributed by atoms with Gasteiger partial charge >= 0.3 is 0 Å². The van der Waals surface area contributed by atoms with Gasteiger partial charge < -0.3 is 5.11 Å². The van der Waals surface area contributed by atoms with Crippen molar-refractivity contribution in [1.82, 2.24) is 25.8 Å². The first-order valence-corrected chi connectivity index (χ1v) is 7.84. The van der Waals surface area contributed by atoms with Crippen molar-refractivity contribution < 1.29 is 9.90 Å². The summed E-state index contributed by atoms with van der Waals surface area (Å²) >= 11 is 0. The summed E-state index contributed by atoms with van der Waals surface area (Å²) in [7, 11) is 0. The molecule has 0 fully saturated rings. The van der Waals surface area contributed by atoms with Crippen LogP contribution in [-0.2, 0) is 4.79 Å². The summed E-state index contributed by atoms with van der Waals surface area (Å²) < 4.78 is 0. The summed E-state index contributed by atoms with van der Waals surface area (Å²) in [5.74, 6) is 0.227. The average Bonchev–Trinajstić information content (AvgIpc) is 2.68. The smallest absolute Gasteiger partial charge is 0.269 e. The maximum absolute atomic E-state index is 11.7. The van der Waals surface area contributed by atoms with Crippen LogP contribution in [0.5, 0.6) is 0 Å². The SMILES string of the molecule is O=C1C=C(O)NN(c2nc(-c3ccccc3)nc(-c3ccccc3)n2)N1. The second-order valence-electron chi connectivity index (χ2n) is 5.47. The molecule has 8 nitrogen and oxygen atoms in total. The van der Waals surface area contributed by atoms with Crippen molar-refractivity contribution in [3.8, 4) is 22.8 Å². The van der Waals surface area contributed by atoms with Crippen LogP contribution in [0.3, 0.4) is 0 Å². The lowest BCUT2D eigenvalue weighted by Crippen LogP contribution is -2.54. The number of aliphatic hydroxyl groups is 1. The van der Waals surface area contributed by atoms with E-state index in [4.69, 9.17) is 0 Å². The van der Waals surface area contributed by atoms with Crippen molar-refractivity contribution in [3.05, 3.63) is 72.6 Å². The molecule has 3 N–H and O–H groups in total. The molecule has 1 aliphatic rings. The van der Waals surface area contributed by atoms with Crippen LogP contribution in [0.25, 0.3) is 22.8 Å². The normalized spacial score (nSPS) is 13.6. The summed E-state index contributed by atoms with van der Waals surface area (Å²) in [6.45, 7) is 0. The highest BCUT2D eigenvalue weighted by molar-refractivity contribution is 5.89. The maximum Gasteiger partial charge on any atom is 0.269 e. The molecule has 0 unspecified atom stereocenters. The highest BCUT2D eigenvalue weighted by Gasteiger charge is 2.21. The summed E-state index contributed by atoms with van der Waals surface area (Å²) in [6, 6.07) is 18.9. The van der Waals surface area contributed by atoms with Crippen LogP contribution in [0.15, 0.2) is 72.6 Å². The van der Waals surface area contributed by atoms with E-state index in [1.54, 1.807) is 0 Å². The number of hydrogen-bond acceptors (Lipinski definition) is 7. The summed E-state index contributed by atoms with van der Waals surface area (Å²) in [5, 5.41) is 10.8. The molecule has 0 aliphatic carbocycles. The van der Waals surface area contributed by atoms with Gasteiger partial charge in [0.15, 0.2) is 11.6 Å². The molecule has 0 atom stereocenters. The van der Waals surface area contributed by atoms with Gasteiger partial charge in [0.1, 0.15) is 0 Å². The number of carbonyl (C=O) groups is 1. The van der Waals surface area contributed by atoms with Gasteiger partial charge in [-0.25, -0.2) is 15.8 Å². The molecule has 0 bridgehead atoms. The Labute approximate surface area is 148 Å². The fourth-order valence-corrected chi connectivity index (χ4v) is 2.44. The minimum absolute atomic E-state index is 0.144. The van der Waals surface area contributed by atoms with Gasteiger partial charge in [0.25, 0.3) is 11.9 Å². The van der Waals surface area contributed by atoms with Gasteiger partial charge in [0, 0.05) is 11.1 Å². The standard InChI is InChI=1S/C18H14N6O2/c25-14-11-15(26)23-24(22-14)18-20-16(12-7-3-1-4-8-12)19-17(21-18)13-9-5-2-6-10-13/h1-11,22,25H,(H,23,26). The first-order chi connectivity index (χ1) is 12.7. The van der Waals surface area contributed by atoms with E-state index in [-0.39, 0.29) is 11.8 Å². The largest absolute Gasteiger partial charge is 0.493 e. The van der Waals surface area contributed by atoms with Crippen LogP contribution in [0.4, 0.5) is 5.95 Å². The molecule has 1 amide bonds. The molecule has 0 spiro atoms. The number of nitrogens with zero attached hydrogens (tertiary/aromatic N) is 4. The van der Waals surface area contributed by atoms with E-state index in [1.807, 2.05) is 60.7 Å². The van der Waals surface area contributed by atoms with E-state index in [0.717, 1.165) is 22.3 Å². The number of benzene rings is 2. The van der Waals surface area contributed by atoms with Crippen molar-refractivity contribution >= 4 is 11.9 Å². The number of aromatic nitrogens is 3. The van der Waals surface area contributed by atoms with Gasteiger partial charge in [0.05, 0.1) is 6.08 Å². The Bertz CT molecular complexity index is 918. The zero-order valence-corrected chi connectivity index (χ0v) is 13.5. The molecule has 0 radical (unpaired) electrons. The molecule has 1 aromatic heterocycles. The molecule has 4 rings (SSSR count). The predicted octanol–water partition coefficient (Wildman–Crippen LogP) is 1.96. The topological polar surface area (TPSA) is 103 Å². The molecule has 1 aliphatic heterocycles. The minimum atomic E-state index is -0.496. The van der Waals surface area contributed by atoms with E-state index in [9.17, 15) is 9.90 Å². The highest BCUT2D eigenvalue weighted by atomic mass is 16.3. The Kier molecular flexibility index (Phi) is 3.91. The zero-order chi connectivity index (χ0) is 17.9. The van der Waals surface area contributed by atoms with E-state index < -0.39 is 5.91 Å². The van der Waals surface area contributed by atoms with Gasteiger partial charge in [-0.1, -0.05) is 60.7 Å². The molecular weight excluding hydrogens is 332 g/mol. The van der Waals surface area contributed by atoms with E-state index in [1.165, 1.54) is 0 Å². The lowest BCUT2D eigenvalue weighted by Gasteiger charge is -2.26. The van der Waals surface area contributed by atoms with Gasteiger partial charge in [-0.2, -0.15) is 15.1 Å². The van der Waals surface area contributed by atoms with Crippen molar-refractivity contribution in [2.75, 3.05) is 5.12 Å². The maximum atomic E-state index is 11.7. The Morgan fingerprint density at radius 1 is 0.769 bits per heavy atom. The summed E-state index contributed by atoms with van der Waals surface area (Å²) in [4.78, 5) is 25.0. The number of nitrogens with one attached hydrogen (secondary N) is 2. The molecule has 8 heteroatoms. The lowest BCUT2D eigenvalue weighted by molar-refractivity contribution is -0.117. The third kappa shape index (κ3) is 3.16. The number of hydrazine groups is 2. The van der Waals surface area contributed by atoms with Crippen molar-refractivity contribution in [1.29, 1.82) is 0 Å². The van der Waals surface area contributed by atoms with E-state index in [0.29, 0.717) is 11.6 Å². The van der Waals surface area contributed by atoms with Crippen LogP contribution < -0.4 is 16.0 Å². The molecule has 0 saturated heterocycles. The molecule has 2 heterocycles. The van der Waals surface area contributed by atoms with Crippen LogP contribution in [0.2, 0.25) is 0 Å². The summed E-state index contributed by atoms with van der Waals surface area (Å²) in [5.41, 5.74) is 6.70. The third-order valence-electron chi connectivity index (χ3n) is 3.60. The Morgan fingerprint density at radius 3 is 1.81 bits per heavy atom. The number of rotatable bonds is 3. The van der Waals surface area contributed by atoms with Gasteiger partial charge in [-0.15, -0.1) is 0 Å². The minimum Gasteiger partial charge on any atom is -0.493 e. The fraction of sp³-hybridized carbons (Fsp3) is 0. The van der Waals surface area contributed by atoms with Crippen LogP contribution in [0, 0.1) is 0 Å². The van der Waals surface area contributed by atoms with Crippen LogP contribution >= 0.6 is 0 Å². The fourth-order valence-electron chi connectivity index (χ4n) is 2.44. The zero-order valence-electron chi connectivity index (χ0n) is 13.5. The lowest BCUT2D eigenvalue weighted by atomic mass is 10.2. The van der Waals surface area contributed by atoms with Gasteiger partial charge in [-0.3, -0.25) is 4.79 Å². The first kappa shape index (κ1) is 15.6. The quantitative estimate of drug-likeness (QED) is 0.666. The van der Waals surface area contributed by atoms with Crippen LogP contribution in [0.1, 0.15) is 0 Å². The second kappa shape index (κ2) is 6.52. The predicted molar refractivity (Wildman–Crippen MR) is 95.2 cm³/mol. The molecule has 0 saturated carbocycles. The molecule has 26 heavy (non-hydrogen) atoms. The highest BCUT2D eigenvalue weighted by Crippen LogP contribution is 2.22. The molecular formula is C18H14N6O2. The number of aliphatic hydroxyl groups excluding tert-OH is 1. The number of carbonyl (C=O) groups excluding carboxylic acids is 1. The van der Waals surface area contributed by atoms with Gasteiger partial charge in [-0.05, 0) is 0 Å². The molecule has 2 aromatic carbocycles. The third-order valence-corrected chi connectivity index (χ3v) is 3.60. The van der Waals surface area contributed by atoms with E-state index in [2.05, 4.69) is 25.8 Å². The number of amides is 1. The monoisotopic (exact) mass is 346 g/mol. The average molecular weight is 346 g/mol. The van der Waals surface area contributed by atoms with Crippen molar-refractivity contribution in [2.45, 2.75) is 0 Å². The Morgan fingerprint density at radius 2 is 1.31 bits per heavy atom. The Balaban J connectivity index is 1.83. The van der Waals surface area contributed by atoms with Gasteiger partial charge in [0.2, 0.25) is 5.88 Å². The van der Waals surface area contributed by atoms with Crippen LogP contribution in [-0.4, -0.2) is 26.0 Å². The summed E-state index contributed by atoms with van der Waals surface area (Å²) in [6.07, 6.45) is 1.02. The van der Waals surface area contributed by atoms with Crippen molar-refractivity contribution in [2.24, 2.45) is 0 Å². The first-order valence-electron chi connectivity index (χ1n) is 7.84.